The molecule has 11 heteroatoms. The summed E-state index contributed by atoms with van der Waals surface area (Å²) in [7, 11) is 2.90. The van der Waals surface area contributed by atoms with Crippen LogP contribution in [0.5, 0.6) is 11.5 Å². The van der Waals surface area contributed by atoms with Gasteiger partial charge in [-0.15, -0.1) is 0 Å². The molecule has 0 aliphatic carbocycles. The summed E-state index contributed by atoms with van der Waals surface area (Å²) in [6.07, 6.45) is -3.42. The number of hydrogen-bond acceptors (Lipinski definition) is 5. The van der Waals surface area contributed by atoms with Gasteiger partial charge in [0.25, 0.3) is 0 Å². The van der Waals surface area contributed by atoms with Gasteiger partial charge < -0.3 is 14.8 Å². The van der Waals surface area contributed by atoms with Crippen LogP contribution >= 0.6 is 11.6 Å². The average molecular weight is 430 g/mol. The lowest BCUT2D eigenvalue weighted by atomic mass is 10.2. The monoisotopic (exact) mass is 429 g/mol. The smallest absolute Gasteiger partial charge is 0.416 e. The standard InChI is InChI=1S/C18H15ClF3N3O4/c1-28-12-4-6-15(29-2)10(7-12)9-23-25-17(27)16(26)24-14-8-11(18(20,21)22)3-5-13(14)19/h3-9H,1-2H3,(H,24,26)(H,25,27)/b23-9+. The zero-order chi connectivity index (χ0) is 21.6. The lowest BCUT2D eigenvalue weighted by Crippen LogP contribution is -2.32. The topological polar surface area (TPSA) is 89.0 Å². The quantitative estimate of drug-likeness (QED) is 0.433. The van der Waals surface area contributed by atoms with Crippen molar-refractivity contribution in [1.82, 2.24) is 5.43 Å². The number of hydrogen-bond donors (Lipinski definition) is 2. The Bertz CT molecular complexity index is 948. The largest absolute Gasteiger partial charge is 0.497 e. The summed E-state index contributed by atoms with van der Waals surface area (Å²) in [5.41, 5.74) is 1.03. The minimum absolute atomic E-state index is 0.163. The molecule has 0 unspecified atom stereocenters. The van der Waals surface area contributed by atoms with Crippen molar-refractivity contribution < 1.29 is 32.2 Å². The Balaban J connectivity index is 2.07. The molecular weight excluding hydrogens is 415 g/mol. The van der Waals surface area contributed by atoms with Gasteiger partial charge in [-0.3, -0.25) is 9.59 Å². The molecule has 154 valence electrons. The first-order chi connectivity index (χ1) is 13.7. The van der Waals surface area contributed by atoms with Gasteiger partial charge in [-0.1, -0.05) is 11.6 Å². The van der Waals surface area contributed by atoms with Crippen LogP contribution in [-0.4, -0.2) is 32.2 Å². The first-order valence-electron chi connectivity index (χ1n) is 7.89. The number of ether oxygens (including phenoxy) is 2. The second-order valence-corrected chi connectivity index (χ2v) is 5.86. The Kier molecular flexibility index (Phi) is 7.05. The van der Waals surface area contributed by atoms with E-state index in [-0.39, 0.29) is 10.7 Å². The van der Waals surface area contributed by atoms with Crippen LogP contribution in [0.4, 0.5) is 18.9 Å². The van der Waals surface area contributed by atoms with Crippen LogP contribution in [0.3, 0.4) is 0 Å². The molecule has 0 atom stereocenters. The fraction of sp³-hybridized carbons (Fsp3) is 0.167. The van der Waals surface area contributed by atoms with Crippen LogP contribution in [0.2, 0.25) is 5.02 Å². The highest BCUT2D eigenvalue weighted by molar-refractivity contribution is 6.41. The number of alkyl halides is 3. The van der Waals surface area contributed by atoms with Gasteiger partial charge in [-0.2, -0.15) is 18.3 Å². The van der Waals surface area contributed by atoms with E-state index in [1.807, 2.05) is 10.7 Å². The highest BCUT2D eigenvalue weighted by Gasteiger charge is 2.31. The van der Waals surface area contributed by atoms with Gasteiger partial charge in [-0.05, 0) is 36.4 Å². The van der Waals surface area contributed by atoms with Crippen molar-refractivity contribution in [3.05, 3.63) is 52.5 Å². The fourth-order valence-electron chi connectivity index (χ4n) is 2.13. The highest BCUT2D eigenvalue weighted by Crippen LogP contribution is 2.33. The Morgan fingerprint density at radius 2 is 1.79 bits per heavy atom. The van der Waals surface area contributed by atoms with Crippen molar-refractivity contribution in [3.8, 4) is 11.5 Å². The van der Waals surface area contributed by atoms with Crippen molar-refractivity contribution in [2.75, 3.05) is 19.5 Å². The third-order valence-corrected chi connectivity index (χ3v) is 3.88. The average Bonchev–Trinajstić information content (AvgIpc) is 2.68. The number of rotatable bonds is 5. The zero-order valence-corrected chi connectivity index (χ0v) is 15.9. The van der Waals surface area contributed by atoms with Gasteiger partial charge in [0.1, 0.15) is 11.5 Å². The van der Waals surface area contributed by atoms with Crippen LogP contribution in [-0.2, 0) is 15.8 Å². The molecule has 0 bridgehead atoms. The Morgan fingerprint density at radius 3 is 2.41 bits per heavy atom. The van der Waals surface area contributed by atoms with Crippen LogP contribution in [0, 0.1) is 0 Å². The molecule has 2 aromatic carbocycles. The third kappa shape index (κ3) is 5.85. The molecule has 2 amide bonds. The van der Waals surface area contributed by atoms with E-state index in [2.05, 4.69) is 5.10 Å². The number of carbonyl (C=O) groups is 2. The molecule has 0 fully saturated rings. The molecule has 0 heterocycles. The van der Waals surface area contributed by atoms with Gasteiger partial charge in [0.15, 0.2) is 0 Å². The number of nitrogens with zero attached hydrogens (tertiary/aromatic N) is 1. The number of amides is 2. The minimum atomic E-state index is -4.63. The van der Waals surface area contributed by atoms with Gasteiger partial charge >= 0.3 is 18.0 Å². The summed E-state index contributed by atoms with van der Waals surface area (Å²) < 4.78 is 48.5. The molecule has 2 rings (SSSR count). The number of benzene rings is 2. The maximum Gasteiger partial charge on any atom is 0.416 e. The lowest BCUT2D eigenvalue weighted by Gasteiger charge is -2.11. The minimum Gasteiger partial charge on any atom is -0.497 e. The molecular formula is C18H15ClF3N3O4. The van der Waals surface area contributed by atoms with Gasteiger partial charge in [0.2, 0.25) is 0 Å². The molecule has 0 saturated heterocycles. The molecule has 2 N–H and O–H groups in total. The summed E-state index contributed by atoms with van der Waals surface area (Å²) in [6.45, 7) is 0. The van der Waals surface area contributed by atoms with Gasteiger partial charge in [0.05, 0.1) is 36.7 Å². The van der Waals surface area contributed by atoms with Crippen LogP contribution in [0.1, 0.15) is 11.1 Å². The van der Waals surface area contributed by atoms with E-state index < -0.39 is 23.6 Å². The Hall–Kier alpha value is -3.27. The Labute approximate surface area is 168 Å². The van der Waals surface area contributed by atoms with E-state index in [0.29, 0.717) is 23.1 Å². The van der Waals surface area contributed by atoms with Crippen LogP contribution in [0.15, 0.2) is 41.5 Å². The predicted octanol–water partition coefficient (Wildman–Crippen LogP) is 3.46. The summed E-state index contributed by atoms with van der Waals surface area (Å²) in [5, 5.41) is 5.48. The number of anilines is 1. The van der Waals surface area contributed by atoms with Crippen molar-refractivity contribution in [2.24, 2.45) is 5.10 Å². The van der Waals surface area contributed by atoms with Crippen molar-refractivity contribution in [1.29, 1.82) is 0 Å². The second-order valence-electron chi connectivity index (χ2n) is 5.45. The molecule has 0 saturated carbocycles. The SMILES string of the molecule is COc1ccc(OC)c(/C=N/NC(=O)C(=O)Nc2cc(C(F)(F)F)ccc2Cl)c1. The molecule has 0 aliphatic rings. The third-order valence-electron chi connectivity index (χ3n) is 3.55. The summed E-state index contributed by atoms with van der Waals surface area (Å²) >= 11 is 5.77. The molecule has 0 spiro atoms. The van der Waals surface area contributed by atoms with Crippen molar-refractivity contribution in [2.45, 2.75) is 6.18 Å². The van der Waals surface area contributed by atoms with E-state index in [4.69, 9.17) is 21.1 Å². The normalized spacial score (nSPS) is 11.2. The van der Waals surface area contributed by atoms with E-state index in [1.54, 1.807) is 18.2 Å². The Morgan fingerprint density at radius 1 is 1.07 bits per heavy atom. The molecule has 0 radical (unpaired) electrons. The van der Waals surface area contributed by atoms with Gasteiger partial charge in [0, 0.05) is 5.56 Å². The van der Waals surface area contributed by atoms with Crippen LogP contribution < -0.4 is 20.2 Å². The second kappa shape index (κ2) is 9.28. The molecule has 7 nitrogen and oxygen atoms in total. The summed E-state index contributed by atoms with van der Waals surface area (Å²) in [5.74, 6) is -1.52. The van der Waals surface area contributed by atoms with Gasteiger partial charge in [-0.25, -0.2) is 5.43 Å². The van der Waals surface area contributed by atoms with E-state index >= 15 is 0 Å². The first-order valence-corrected chi connectivity index (χ1v) is 8.26. The molecule has 2 aromatic rings. The lowest BCUT2D eigenvalue weighted by molar-refractivity contribution is -0.137. The maximum atomic E-state index is 12.8. The zero-order valence-electron chi connectivity index (χ0n) is 15.1. The van der Waals surface area contributed by atoms with E-state index in [1.165, 1.54) is 20.4 Å². The van der Waals surface area contributed by atoms with Crippen LogP contribution in [0.25, 0.3) is 0 Å². The number of nitrogens with one attached hydrogen (secondary N) is 2. The molecule has 29 heavy (non-hydrogen) atoms. The highest BCUT2D eigenvalue weighted by atomic mass is 35.5. The maximum absolute atomic E-state index is 12.8. The molecule has 0 aliphatic heterocycles. The van der Waals surface area contributed by atoms with Crippen molar-refractivity contribution >= 4 is 35.3 Å². The number of halogens is 4. The first kappa shape index (κ1) is 22.0. The summed E-state index contributed by atoms with van der Waals surface area (Å²) in [6, 6.07) is 7.19. The fourth-order valence-corrected chi connectivity index (χ4v) is 2.29. The molecule has 0 aromatic heterocycles. The number of carbonyl (C=O) groups excluding carboxylic acids is 2. The number of methoxy groups -OCH3 is 2. The van der Waals surface area contributed by atoms with E-state index in [0.717, 1.165) is 12.1 Å². The summed E-state index contributed by atoms with van der Waals surface area (Å²) in [4.78, 5) is 23.8. The van der Waals surface area contributed by atoms with Crippen molar-refractivity contribution in [3.63, 3.8) is 0 Å². The predicted molar refractivity (Wildman–Crippen MR) is 100 cm³/mol. The van der Waals surface area contributed by atoms with E-state index in [9.17, 15) is 22.8 Å². The number of hydrazone groups is 1.